The fourth-order valence-electron chi connectivity index (χ4n) is 5.14. The van der Waals surface area contributed by atoms with Crippen molar-refractivity contribution in [1.29, 1.82) is 0 Å². The summed E-state index contributed by atoms with van der Waals surface area (Å²) in [5.74, 6) is -1.07. The number of rotatable bonds is 5. The molecule has 0 spiro atoms. The van der Waals surface area contributed by atoms with Gasteiger partial charge in [0.15, 0.2) is 0 Å². The van der Waals surface area contributed by atoms with Gasteiger partial charge in [-0.15, -0.1) is 0 Å². The van der Waals surface area contributed by atoms with Crippen molar-refractivity contribution in [2.45, 2.75) is 25.7 Å². The third-order valence-corrected chi connectivity index (χ3v) is 6.39. The normalized spacial score (nSPS) is 30.3. The Labute approximate surface area is 147 Å². The molecule has 4 unspecified atom stereocenters. The van der Waals surface area contributed by atoms with Gasteiger partial charge < -0.3 is 5.11 Å². The predicted molar refractivity (Wildman–Crippen MR) is 95.2 cm³/mol. The van der Waals surface area contributed by atoms with Gasteiger partial charge in [0, 0.05) is 17.8 Å². The van der Waals surface area contributed by atoms with E-state index in [1.807, 2.05) is 43.3 Å². The molecule has 0 saturated heterocycles. The molecule has 0 heterocycles. The number of carbonyl (C=O) groups is 2. The zero-order valence-corrected chi connectivity index (χ0v) is 14.3. The van der Waals surface area contributed by atoms with Crippen molar-refractivity contribution >= 4 is 11.8 Å². The Morgan fingerprint density at radius 3 is 1.96 bits per heavy atom. The Bertz CT molecular complexity index is 759. The lowest BCUT2D eigenvalue weighted by Crippen LogP contribution is -2.30. The SMILES string of the molecule is CCC1(C(=O)O)C2CC(C(c3ccccc3)c3ccccc3)C(=O)C21. The van der Waals surface area contributed by atoms with Gasteiger partial charge in [-0.05, 0) is 29.9 Å². The molecule has 0 bridgehead atoms. The van der Waals surface area contributed by atoms with Gasteiger partial charge in [0.25, 0.3) is 0 Å². The van der Waals surface area contributed by atoms with E-state index in [-0.39, 0.29) is 29.5 Å². The van der Waals surface area contributed by atoms with E-state index in [0.717, 1.165) is 11.1 Å². The van der Waals surface area contributed by atoms with Gasteiger partial charge in [0.05, 0.1) is 5.41 Å². The summed E-state index contributed by atoms with van der Waals surface area (Å²) < 4.78 is 0. The number of carbonyl (C=O) groups excluding carboxylic acids is 1. The van der Waals surface area contributed by atoms with Gasteiger partial charge in [-0.3, -0.25) is 9.59 Å². The molecule has 1 N–H and O–H groups in total. The van der Waals surface area contributed by atoms with Crippen LogP contribution >= 0.6 is 0 Å². The van der Waals surface area contributed by atoms with E-state index < -0.39 is 11.4 Å². The van der Waals surface area contributed by atoms with Crippen LogP contribution in [-0.4, -0.2) is 16.9 Å². The molecule has 4 rings (SSSR count). The quantitative estimate of drug-likeness (QED) is 0.894. The minimum atomic E-state index is -0.800. The van der Waals surface area contributed by atoms with Gasteiger partial charge in [-0.2, -0.15) is 0 Å². The number of aliphatic carboxylic acids is 1. The minimum absolute atomic E-state index is 0.00224. The predicted octanol–water partition coefficient (Wildman–Crippen LogP) is 4.13. The molecule has 3 heteroatoms. The van der Waals surface area contributed by atoms with Crippen molar-refractivity contribution in [2.24, 2.45) is 23.2 Å². The molecule has 0 amide bonds. The molecule has 128 valence electrons. The van der Waals surface area contributed by atoms with E-state index in [1.165, 1.54) is 0 Å². The van der Waals surface area contributed by atoms with E-state index in [4.69, 9.17) is 0 Å². The van der Waals surface area contributed by atoms with Crippen molar-refractivity contribution in [2.75, 3.05) is 0 Å². The van der Waals surface area contributed by atoms with Gasteiger partial charge in [-0.25, -0.2) is 0 Å². The zero-order valence-electron chi connectivity index (χ0n) is 14.3. The summed E-state index contributed by atoms with van der Waals surface area (Å²) in [6.07, 6.45) is 1.22. The highest BCUT2D eigenvalue weighted by atomic mass is 16.4. The smallest absolute Gasteiger partial charge is 0.310 e. The van der Waals surface area contributed by atoms with Crippen LogP contribution in [0.1, 0.15) is 36.8 Å². The summed E-state index contributed by atoms with van der Waals surface area (Å²) in [6.45, 7) is 1.89. The topological polar surface area (TPSA) is 54.4 Å². The first-order valence-corrected chi connectivity index (χ1v) is 8.98. The molecule has 2 fully saturated rings. The van der Waals surface area contributed by atoms with Gasteiger partial charge in [0.1, 0.15) is 5.78 Å². The summed E-state index contributed by atoms with van der Waals surface area (Å²) in [7, 11) is 0. The van der Waals surface area contributed by atoms with Crippen LogP contribution in [0.3, 0.4) is 0 Å². The number of ketones is 1. The number of fused-ring (bicyclic) bond motifs is 1. The Kier molecular flexibility index (Phi) is 3.75. The highest BCUT2D eigenvalue weighted by Gasteiger charge is 2.76. The third-order valence-electron chi connectivity index (χ3n) is 6.39. The van der Waals surface area contributed by atoms with E-state index in [0.29, 0.717) is 12.8 Å². The number of carboxylic acid groups (broad SMARTS) is 1. The zero-order chi connectivity index (χ0) is 17.6. The number of carboxylic acids is 1. The summed E-state index contributed by atoms with van der Waals surface area (Å²) in [4.78, 5) is 24.9. The maximum atomic E-state index is 13.2. The first-order valence-electron chi connectivity index (χ1n) is 8.98. The highest BCUT2D eigenvalue weighted by molar-refractivity contribution is 5.99. The Balaban J connectivity index is 1.70. The average Bonchev–Trinajstić information content (AvgIpc) is 3.19. The monoisotopic (exact) mass is 334 g/mol. The van der Waals surface area contributed by atoms with Crippen LogP contribution in [0.4, 0.5) is 0 Å². The van der Waals surface area contributed by atoms with Crippen LogP contribution < -0.4 is 0 Å². The fourth-order valence-corrected chi connectivity index (χ4v) is 5.14. The maximum Gasteiger partial charge on any atom is 0.310 e. The summed E-state index contributed by atoms with van der Waals surface area (Å²) in [5.41, 5.74) is 1.46. The number of benzene rings is 2. The fraction of sp³-hybridized carbons (Fsp3) is 0.364. The van der Waals surface area contributed by atoms with E-state index in [1.54, 1.807) is 0 Å². The Hall–Kier alpha value is -2.42. The van der Waals surface area contributed by atoms with Gasteiger partial charge in [-0.1, -0.05) is 67.6 Å². The van der Waals surface area contributed by atoms with Crippen LogP contribution in [-0.2, 0) is 9.59 Å². The molecule has 3 nitrogen and oxygen atoms in total. The molecule has 2 aliphatic rings. The van der Waals surface area contributed by atoms with Crippen molar-refractivity contribution in [3.05, 3.63) is 71.8 Å². The van der Waals surface area contributed by atoms with E-state index in [2.05, 4.69) is 24.3 Å². The number of Topliss-reactive ketones (excluding diaryl/α,β-unsaturated/α-hetero) is 1. The van der Waals surface area contributed by atoms with Crippen LogP contribution in [0.5, 0.6) is 0 Å². The van der Waals surface area contributed by atoms with Crippen molar-refractivity contribution in [1.82, 2.24) is 0 Å². The standard InChI is InChI=1S/C22H22O3/c1-2-22(21(24)25)17-13-16(20(23)19(17)22)18(14-9-5-3-6-10-14)15-11-7-4-8-12-15/h3-12,16-19H,2,13H2,1H3,(H,24,25). The lowest BCUT2D eigenvalue weighted by molar-refractivity contribution is -0.147. The molecule has 0 radical (unpaired) electrons. The Morgan fingerprint density at radius 2 is 1.60 bits per heavy atom. The lowest BCUT2D eigenvalue weighted by atomic mass is 9.75. The first-order chi connectivity index (χ1) is 12.1. The van der Waals surface area contributed by atoms with Crippen molar-refractivity contribution in [3.63, 3.8) is 0 Å². The molecule has 25 heavy (non-hydrogen) atoms. The largest absolute Gasteiger partial charge is 0.481 e. The van der Waals surface area contributed by atoms with Crippen LogP contribution in [0, 0.1) is 23.2 Å². The number of hydrogen-bond acceptors (Lipinski definition) is 2. The molecule has 0 aliphatic heterocycles. The van der Waals surface area contributed by atoms with Gasteiger partial charge in [0.2, 0.25) is 0 Å². The second-order valence-electron chi connectivity index (χ2n) is 7.33. The van der Waals surface area contributed by atoms with Crippen LogP contribution in [0.15, 0.2) is 60.7 Å². The van der Waals surface area contributed by atoms with Crippen molar-refractivity contribution in [3.8, 4) is 0 Å². The van der Waals surface area contributed by atoms with E-state index >= 15 is 0 Å². The molecule has 2 aromatic carbocycles. The molecule has 0 aromatic heterocycles. The Morgan fingerprint density at radius 1 is 1.08 bits per heavy atom. The molecular formula is C22H22O3. The summed E-state index contributed by atoms with van der Waals surface area (Å²) in [6, 6.07) is 20.2. The molecular weight excluding hydrogens is 312 g/mol. The summed E-state index contributed by atoms with van der Waals surface area (Å²) >= 11 is 0. The number of hydrogen-bond donors (Lipinski definition) is 1. The van der Waals surface area contributed by atoms with Crippen molar-refractivity contribution < 1.29 is 14.7 Å². The minimum Gasteiger partial charge on any atom is -0.481 e. The van der Waals surface area contributed by atoms with E-state index in [9.17, 15) is 14.7 Å². The molecule has 2 aromatic rings. The van der Waals surface area contributed by atoms with Gasteiger partial charge >= 0.3 is 5.97 Å². The second-order valence-corrected chi connectivity index (χ2v) is 7.33. The molecule has 4 atom stereocenters. The highest BCUT2D eigenvalue weighted by Crippen LogP contribution is 2.70. The lowest BCUT2D eigenvalue weighted by Gasteiger charge is -2.27. The third kappa shape index (κ3) is 2.25. The second kappa shape index (κ2) is 5.83. The first kappa shape index (κ1) is 16.1. The molecule has 2 saturated carbocycles. The van der Waals surface area contributed by atoms with Crippen LogP contribution in [0.25, 0.3) is 0 Å². The average molecular weight is 334 g/mol. The maximum absolute atomic E-state index is 13.2. The molecule has 2 aliphatic carbocycles. The van der Waals surface area contributed by atoms with Crippen LogP contribution in [0.2, 0.25) is 0 Å². The summed E-state index contributed by atoms with van der Waals surface area (Å²) in [5, 5.41) is 9.63.